The molecule has 3 nitrogen and oxygen atoms in total. The Hall–Kier alpha value is -0.830. The average molecular weight is 112 g/mol. The highest BCUT2D eigenvalue weighted by Crippen LogP contribution is 2.04. The molecule has 0 saturated carbocycles. The Balaban J connectivity index is 2.54. The van der Waals surface area contributed by atoms with Crippen molar-refractivity contribution >= 4 is 5.91 Å². The first-order valence-electron chi connectivity index (χ1n) is 2.23. The molecular weight excluding hydrogens is 106 g/mol. The van der Waals surface area contributed by atoms with Crippen LogP contribution in [0.3, 0.4) is 0 Å². The predicted octanol–water partition coefficient (Wildman–Crippen LogP) is 0.108. The molecule has 8 heavy (non-hydrogen) atoms. The second-order valence-electron chi connectivity index (χ2n) is 1.40. The van der Waals surface area contributed by atoms with Crippen LogP contribution in [-0.2, 0) is 9.53 Å². The van der Waals surface area contributed by atoms with Crippen molar-refractivity contribution in [3.05, 3.63) is 19.5 Å². The van der Waals surface area contributed by atoms with Gasteiger partial charge in [0.1, 0.15) is 0 Å². The molecule has 0 aromatic rings. The van der Waals surface area contributed by atoms with Crippen LogP contribution in [0.1, 0.15) is 0 Å². The monoisotopic (exact) mass is 112 g/mol. The van der Waals surface area contributed by atoms with Gasteiger partial charge in [0.2, 0.25) is 5.91 Å². The Bertz CT molecular complexity index is 122. The summed E-state index contributed by atoms with van der Waals surface area (Å²) in [6, 6.07) is 0. The summed E-state index contributed by atoms with van der Waals surface area (Å²) in [6.07, 6.45) is 1.41. The number of rotatable bonds is 1. The van der Waals surface area contributed by atoms with E-state index in [1.165, 1.54) is 17.8 Å². The molecule has 1 aliphatic heterocycles. The molecule has 44 valence electrons. The summed E-state index contributed by atoms with van der Waals surface area (Å²) in [5.41, 5.74) is 0. The summed E-state index contributed by atoms with van der Waals surface area (Å²) < 4.78 is 4.64. The lowest BCUT2D eigenvalue weighted by molar-refractivity contribution is -0.124. The third-order valence-electron chi connectivity index (χ3n) is 0.880. The van der Waals surface area contributed by atoms with E-state index in [4.69, 9.17) is 0 Å². The van der Waals surface area contributed by atoms with E-state index in [2.05, 4.69) is 11.3 Å². The van der Waals surface area contributed by atoms with Gasteiger partial charge < -0.3 is 9.64 Å². The van der Waals surface area contributed by atoms with E-state index in [1.54, 1.807) is 0 Å². The van der Waals surface area contributed by atoms with Crippen LogP contribution in [0.5, 0.6) is 0 Å². The molecule has 1 heterocycles. The summed E-state index contributed by atoms with van der Waals surface area (Å²) >= 11 is 0. The molecule has 0 atom stereocenters. The van der Waals surface area contributed by atoms with Crippen LogP contribution in [-0.4, -0.2) is 17.4 Å². The molecule has 1 fully saturated rings. The molecule has 0 unspecified atom stereocenters. The van der Waals surface area contributed by atoms with Crippen LogP contribution in [0.4, 0.5) is 0 Å². The molecule has 0 spiro atoms. The summed E-state index contributed by atoms with van der Waals surface area (Å²) in [5, 5.41) is 0. The van der Waals surface area contributed by atoms with Gasteiger partial charge in [-0.15, -0.1) is 6.73 Å². The Morgan fingerprint density at radius 2 is 2.75 bits per heavy atom. The Kier molecular flexibility index (Phi) is 1.30. The highest BCUT2D eigenvalue weighted by molar-refractivity contribution is 5.80. The fraction of sp³-hybridized carbons (Fsp3) is 0.200. The van der Waals surface area contributed by atoms with Crippen LogP contribution in [0.15, 0.2) is 12.8 Å². The number of hydrogen-bond donors (Lipinski definition) is 0. The summed E-state index contributed by atoms with van der Waals surface area (Å²) in [6.45, 7) is 4.87. The third-order valence-corrected chi connectivity index (χ3v) is 0.880. The van der Waals surface area contributed by atoms with Gasteiger partial charge in [0.05, 0.1) is 6.61 Å². The first-order chi connectivity index (χ1) is 3.84. The number of carbonyl (C=O) groups is 1. The van der Waals surface area contributed by atoms with E-state index in [-0.39, 0.29) is 12.5 Å². The van der Waals surface area contributed by atoms with Gasteiger partial charge in [0, 0.05) is 0 Å². The lowest BCUT2D eigenvalue weighted by Crippen LogP contribution is -2.15. The molecule has 0 N–H and O–H groups in total. The normalized spacial score (nSPS) is 19.5. The minimum Gasteiger partial charge on any atom is -0.524 e. The van der Waals surface area contributed by atoms with E-state index >= 15 is 0 Å². The molecule has 1 saturated heterocycles. The highest BCUT2D eigenvalue weighted by Gasteiger charge is 2.06. The molecular formula is C5H6NO2-. The minimum absolute atomic E-state index is 0.0694. The van der Waals surface area contributed by atoms with Crippen LogP contribution >= 0.6 is 0 Å². The van der Waals surface area contributed by atoms with E-state index in [0.717, 1.165) is 0 Å². The van der Waals surface area contributed by atoms with E-state index < -0.39 is 0 Å². The second-order valence-corrected chi connectivity index (χ2v) is 1.40. The quantitative estimate of drug-likeness (QED) is 0.450. The van der Waals surface area contributed by atoms with Crippen LogP contribution in [0.2, 0.25) is 0 Å². The number of ether oxygens (including phenoxy) is 1. The summed E-state index contributed by atoms with van der Waals surface area (Å²) in [4.78, 5) is 11.8. The van der Waals surface area contributed by atoms with Crippen molar-refractivity contribution in [3.8, 4) is 0 Å². The molecule has 1 amide bonds. The van der Waals surface area contributed by atoms with Gasteiger partial charge in [-0.05, 0) is 6.20 Å². The molecule has 1 rings (SSSR count). The van der Waals surface area contributed by atoms with Gasteiger partial charge in [-0.25, -0.2) is 0 Å². The van der Waals surface area contributed by atoms with E-state index in [1.807, 2.05) is 0 Å². The maximum Gasteiger partial charge on any atom is 0.222 e. The average Bonchev–Trinajstić information content (AvgIpc) is 2.14. The van der Waals surface area contributed by atoms with Gasteiger partial charge in [-0.3, -0.25) is 4.79 Å². The third kappa shape index (κ3) is 0.721. The fourth-order valence-corrected chi connectivity index (χ4v) is 0.467. The molecule has 0 aromatic carbocycles. The van der Waals surface area contributed by atoms with Crippen LogP contribution in [0.25, 0.3) is 0 Å². The van der Waals surface area contributed by atoms with Crippen molar-refractivity contribution in [2.75, 3.05) is 6.61 Å². The molecule has 0 aromatic heterocycles. The smallest absolute Gasteiger partial charge is 0.222 e. The van der Waals surface area contributed by atoms with E-state index in [9.17, 15) is 4.79 Å². The zero-order valence-electron chi connectivity index (χ0n) is 4.33. The number of nitrogens with zero attached hydrogens (tertiary/aromatic N) is 1. The minimum atomic E-state index is -0.0694. The van der Waals surface area contributed by atoms with Crippen molar-refractivity contribution in [2.45, 2.75) is 0 Å². The van der Waals surface area contributed by atoms with Crippen molar-refractivity contribution in [1.29, 1.82) is 0 Å². The van der Waals surface area contributed by atoms with Gasteiger partial charge in [0.25, 0.3) is 0 Å². The number of amides is 1. The van der Waals surface area contributed by atoms with Gasteiger partial charge in [-0.2, -0.15) is 0 Å². The van der Waals surface area contributed by atoms with Crippen LogP contribution in [0, 0.1) is 6.73 Å². The number of hydrogen-bond acceptors (Lipinski definition) is 2. The summed E-state index contributed by atoms with van der Waals surface area (Å²) in [7, 11) is 0. The van der Waals surface area contributed by atoms with Crippen LogP contribution < -0.4 is 0 Å². The maximum absolute atomic E-state index is 10.5. The molecule has 1 aliphatic rings. The molecule has 0 bridgehead atoms. The first kappa shape index (κ1) is 5.31. The SMILES string of the molecule is C=CN1[CH-]OCC1=O. The van der Waals surface area contributed by atoms with Gasteiger partial charge in [-0.1, -0.05) is 6.58 Å². The number of carbonyl (C=O) groups excluding carboxylic acids is 1. The van der Waals surface area contributed by atoms with Crippen molar-refractivity contribution in [3.63, 3.8) is 0 Å². The Morgan fingerprint density at radius 1 is 2.00 bits per heavy atom. The fourth-order valence-electron chi connectivity index (χ4n) is 0.467. The molecule has 0 aliphatic carbocycles. The Labute approximate surface area is 47.5 Å². The first-order valence-corrected chi connectivity index (χ1v) is 2.23. The van der Waals surface area contributed by atoms with E-state index in [0.29, 0.717) is 0 Å². The van der Waals surface area contributed by atoms with Crippen molar-refractivity contribution < 1.29 is 9.53 Å². The van der Waals surface area contributed by atoms with Gasteiger partial charge >= 0.3 is 0 Å². The zero-order valence-corrected chi connectivity index (χ0v) is 4.33. The topological polar surface area (TPSA) is 29.5 Å². The standard InChI is InChI=1S/C5H6NO2/c1-2-6-4-8-3-5(6)7/h2,4H,1,3H2/q-1. The van der Waals surface area contributed by atoms with Crippen molar-refractivity contribution in [1.82, 2.24) is 4.90 Å². The molecule has 3 heteroatoms. The Morgan fingerprint density at radius 3 is 3.00 bits per heavy atom. The second kappa shape index (κ2) is 1.96. The lowest BCUT2D eigenvalue weighted by atomic mass is 10.6. The molecule has 0 radical (unpaired) electrons. The van der Waals surface area contributed by atoms with Gasteiger partial charge in [0.15, 0.2) is 0 Å². The zero-order chi connectivity index (χ0) is 5.98. The predicted molar refractivity (Wildman–Crippen MR) is 27.3 cm³/mol. The lowest BCUT2D eigenvalue weighted by Gasteiger charge is -2.15. The summed E-state index contributed by atoms with van der Waals surface area (Å²) in [5.74, 6) is -0.0694. The largest absolute Gasteiger partial charge is 0.524 e. The van der Waals surface area contributed by atoms with Crippen molar-refractivity contribution in [2.24, 2.45) is 0 Å². The maximum atomic E-state index is 10.5. The highest BCUT2D eigenvalue weighted by atomic mass is 16.5.